The topological polar surface area (TPSA) is 88.2 Å². The summed E-state index contributed by atoms with van der Waals surface area (Å²) in [7, 11) is 1.69. The molecule has 0 saturated carbocycles. The van der Waals surface area contributed by atoms with Crippen LogP contribution in [0.15, 0.2) is 41.9 Å². The van der Waals surface area contributed by atoms with Gasteiger partial charge in [0.1, 0.15) is 16.8 Å². The normalized spacial score (nSPS) is 14.3. The number of methoxy groups -OCH3 is 1. The Balaban J connectivity index is 1.50. The maximum absolute atomic E-state index is 5.66. The number of ether oxygens (including phenoxy) is 2. The van der Waals surface area contributed by atoms with E-state index in [0.717, 1.165) is 59.3 Å². The van der Waals surface area contributed by atoms with Gasteiger partial charge in [0.05, 0.1) is 37.1 Å². The van der Waals surface area contributed by atoms with E-state index in [4.69, 9.17) is 14.5 Å². The Labute approximate surface area is 171 Å². The number of aromatic amines is 1. The average molecular weight is 408 g/mol. The first-order chi connectivity index (χ1) is 14.3. The van der Waals surface area contributed by atoms with Gasteiger partial charge in [-0.2, -0.15) is 5.10 Å². The second kappa shape index (κ2) is 7.69. The molecule has 5 rings (SSSR count). The molecule has 2 N–H and O–H groups in total. The Morgan fingerprint density at radius 1 is 1.21 bits per heavy atom. The van der Waals surface area contributed by atoms with Gasteiger partial charge in [-0.15, -0.1) is 11.3 Å². The lowest BCUT2D eigenvalue weighted by Crippen LogP contribution is -2.36. The number of anilines is 3. The van der Waals surface area contributed by atoms with Crippen LogP contribution in [0.2, 0.25) is 0 Å². The highest BCUT2D eigenvalue weighted by atomic mass is 32.1. The molecule has 0 aliphatic carbocycles. The van der Waals surface area contributed by atoms with Crippen LogP contribution in [0.25, 0.3) is 21.7 Å². The highest BCUT2D eigenvalue weighted by Gasteiger charge is 2.17. The summed E-state index contributed by atoms with van der Waals surface area (Å²) in [5, 5.41) is 12.5. The molecule has 0 atom stereocenters. The summed E-state index contributed by atoms with van der Waals surface area (Å²) < 4.78 is 11.1. The SMILES string of the molecule is COc1cc(Nc2nc(-c3cccs3)nc3cn[nH]c23)ccc1N1CCOCC1. The molecule has 0 radical (unpaired) electrons. The first kappa shape index (κ1) is 17.9. The van der Waals surface area contributed by atoms with Crippen molar-refractivity contribution in [1.29, 1.82) is 0 Å². The highest BCUT2D eigenvalue weighted by Crippen LogP contribution is 2.34. The number of hydrogen-bond acceptors (Lipinski definition) is 8. The van der Waals surface area contributed by atoms with Crippen molar-refractivity contribution in [1.82, 2.24) is 20.2 Å². The van der Waals surface area contributed by atoms with E-state index in [2.05, 4.69) is 31.5 Å². The summed E-state index contributed by atoms with van der Waals surface area (Å²) in [6.45, 7) is 3.17. The third-order valence-electron chi connectivity index (χ3n) is 4.84. The monoisotopic (exact) mass is 408 g/mol. The highest BCUT2D eigenvalue weighted by molar-refractivity contribution is 7.13. The van der Waals surface area contributed by atoms with Gasteiger partial charge in [-0.3, -0.25) is 5.10 Å². The van der Waals surface area contributed by atoms with Crippen LogP contribution in [-0.4, -0.2) is 53.6 Å². The third-order valence-corrected chi connectivity index (χ3v) is 5.70. The number of aromatic nitrogens is 4. The molecular weight excluding hydrogens is 388 g/mol. The third kappa shape index (κ3) is 3.50. The van der Waals surface area contributed by atoms with Crippen molar-refractivity contribution in [3.63, 3.8) is 0 Å². The average Bonchev–Trinajstić information content (AvgIpc) is 3.46. The van der Waals surface area contributed by atoms with Gasteiger partial charge in [0, 0.05) is 24.8 Å². The summed E-state index contributed by atoms with van der Waals surface area (Å²) in [6, 6.07) is 10.1. The zero-order chi connectivity index (χ0) is 19.6. The predicted octanol–water partition coefficient (Wildman–Crippen LogP) is 3.67. The molecule has 148 valence electrons. The predicted molar refractivity (Wildman–Crippen MR) is 114 cm³/mol. The lowest BCUT2D eigenvalue weighted by molar-refractivity contribution is 0.122. The van der Waals surface area contributed by atoms with Gasteiger partial charge >= 0.3 is 0 Å². The van der Waals surface area contributed by atoms with Gasteiger partial charge in [0.15, 0.2) is 11.6 Å². The number of nitrogens with one attached hydrogen (secondary N) is 2. The molecule has 0 bridgehead atoms. The molecule has 1 aliphatic rings. The Kier molecular flexibility index (Phi) is 4.74. The van der Waals surface area contributed by atoms with Crippen LogP contribution in [0.1, 0.15) is 0 Å². The number of rotatable bonds is 5. The summed E-state index contributed by atoms with van der Waals surface area (Å²) in [6.07, 6.45) is 1.71. The maximum Gasteiger partial charge on any atom is 0.172 e. The van der Waals surface area contributed by atoms with Crippen molar-refractivity contribution < 1.29 is 9.47 Å². The Hall–Kier alpha value is -3.17. The van der Waals surface area contributed by atoms with E-state index in [0.29, 0.717) is 11.6 Å². The van der Waals surface area contributed by atoms with Crippen LogP contribution < -0.4 is 15.0 Å². The fraction of sp³-hybridized carbons (Fsp3) is 0.250. The molecule has 1 saturated heterocycles. The van der Waals surface area contributed by atoms with Gasteiger partial charge in [-0.25, -0.2) is 9.97 Å². The number of nitrogens with zero attached hydrogens (tertiary/aromatic N) is 4. The second-order valence-corrected chi connectivity index (χ2v) is 7.56. The molecule has 0 spiro atoms. The van der Waals surface area contributed by atoms with E-state index in [1.165, 1.54) is 0 Å². The Bertz CT molecular complexity index is 1120. The van der Waals surface area contributed by atoms with E-state index >= 15 is 0 Å². The van der Waals surface area contributed by atoms with E-state index in [1.54, 1.807) is 24.6 Å². The molecule has 4 heterocycles. The molecule has 0 amide bonds. The van der Waals surface area contributed by atoms with E-state index < -0.39 is 0 Å². The van der Waals surface area contributed by atoms with Crippen molar-refractivity contribution in [2.24, 2.45) is 0 Å². The van der Waals surface area contributed by atoms with E-state index in [9.17, 15) is 0 Å². The lowest BCUT2D eigenvalue weighted by atomic mass is 10.2. The Morgan fingerprint density at radius 3 is 2.90 bits per heavy atom. The van der Waals surface area contributed by atoms with Crippen LogP contribution in [0.4, 0.5) is 17.2 Å². The number of hydrogen-bond donors (Lipinski definition) is 2. The Morgan fingerprint density at radius 2 is 2.10 bits per heavy atom. The molecule has 1 aromatic carbocycles. The summed E-state index contributed by atoms with van der Waals surface area (Å²) >= 11 is 1.61. The van der Waals surface area contributed by atoms with Gasteiger partial charge in [-0.05, 0) is 23.6 Å². The van der Waals surface area contributed by atoms with Crippen molar-refractivity contribution >= 4 is 39.6 Å². The number of fused-ring (bicyclic) bond motifs is 1. The first-order valence-corrected chi connectivity index (χ1v) is 10.2. The fourth-order valence-corrected chi connectivity index (χ4v) is 4.06. The van der Waals surface area contributed by atoms with Crippen LogP contribution in [0.5, 0.6) is 5.75 Å². The molecule has 29 heavy (non-hydrogen) atoms. The minimum Gasteiger partial charge on any atom is -0.495 e. The largest absolute Gasteiger partial charge is 0.495 e. The van der Waals surface area contributed by atoms with Crippen molar-refractivity contribution in [3.05, 3.63) is 41.9 Å². The van der Waals surface area contributed by atoms with Crippen molar-refractivity contribution in [3.8, 4) is 16.5 Å². The molecular formula is C20H20N6O2S. The molecule has 0 unspecified atom stereocenters. The number of benzene rings is 1. The molecule has 3 aromatic heterocycles. The van der Waals surface area contributed by atoms with Gasteiger partial charge < -0.3 is 19.7 Å². The van der Waals surface area contributed by atoms with Crippen molar-refractivity contribution in [2.45, 2.75) is 0 Å². The number of thiophene rings is 1. The van der Waals surface area contributed by atoms with Crippen LogP contribution in [0, 0.1) is 0 Å². The van der Waals surface area contributed by atoms with Crippen molar-refractivity contribution in [2.75, 3.05) is 43.6 Å². The summed E-state index contributed by atoms with van der Waals surface area (Å²) in [4.78, 5) is 12.6. The minimum absolute atomic E-state index is 0.674. The quantitative estimate of drug-likeness (QED) is 0.521. The smallest absolute Gasteiger partial charge is 0.172 e. The molecule has 8 nitrogen and oxygen atoms in total. The molecule has 1 aliphatic heterocycles. The van der Waals surface area contributed by atoms with Gasteiger partial charge in [-0.1, -0.05) is 6.07 Å². The van der Waals surface area contributed by atoms with Gasteiger partial charge in [0.2, 0.25) is 0 Å². The van der Waals surface area contributed by atoms with E-state index in [-0.39, 0.29) is 0 Å². The molecule has 1 fully saturated rings. The first-order valence-electron chi connectivity index (χ1n) is 9.34. The zero-order valence-corrected chi connectivity index (χ0v) is 16.7. The summed E-state index contributed by atoms with van der Waals surface area (Å²) in [5.41, 5.74) is 3.48. The van der Waals surface area contributed by atoms with Gasteiger partial charge in [0.25, 0.3) is 0 Å². The fourth-order valence-electron chi connectivity index (χ4n) is 3.40. The zero-order valence-electron chi connectivity index (χ0n) is 15.9. The van der Waals surface area contributed by atoms with Crippen LogP contribution in [-0.2, 0) is 4.74 Å². The summed E-state index contributed by atoms with van der Waals surface area (Å²) in [5.74, 6) is 2.16. The standard InChI is InChI=1S/C20H20N6O2S/c1-27-16-11-13(4-5-15(16)26-6-8-28-9-7-26)22-20-18-14(12-21-25-18)23-19(24-20)17-3-2-10-29-17/h2-5,10-12H,6-9H2,1H3,(H,21,25)(H,22,23,24). The van der Waals surface area contributed by atoms with Crippen LogP contribution >= 0.6 is 11.3 Å². The number of morpholine rings is 1. The maximum atomic E-state index is 5.66. The second-order valence-electron chi connectivity index (χ2n) is 6.61. The minimum atomic E-state index is 0.674. The molecule has 9 heteroatoms. The van der Waals surface area contributed by atoms with E-state index in [1.807, 2.05) is 29.6 Å². The number of H-pyrrole nitrogens is 1. The lowest BCUT2D eigenvalue weighted by Gasteiger charge is -2.30. The van der Waals surface area contributed by atoms with Crippen LogP contribution in [0.3, 0.4) is 0 Å². The molecule has 4 aromatic rings.